The van der Waals surface area contributed by atoms with Crippen LogP contribution in [0.3, 0.4) is 0 Å². The molecule has 0 radical (unpaired) electrons. The Morgan fingerprint density at radius 3 is 2.77 bits per heavy atom. The monoisotopic (exact) mass is 365 g/mol. The molecule has 1 atom stereocenters. The molecule has 0 saturated carbocycles. The van der Waals surface area contributed by atoms with Gasteiger partial charge < -0.3 is 23.7 Å². The maximum Gasteiger partial charge on any atom is 0.213 e. The summed E-state index contributed by atoms with van der Waals surface area (Å²) in [4.78, 5) is 4.27. The van der Waals surface area contributed by atoms with E-state index in [0.29, 0.717) is 45.5 Å². The molecule has 0 bridgehead atoms. The maximum absolute atomic E-state index is 5.60. The minimum absolute atomic E-state index is 0.0580. The second-order valence-corrected chi connectivity index (χ2v) is 6.43. The minimum Gasteiger partial charge on any atom is -0.475 e. The van der Waals surface area contributed by atoms with Crippen LogP contribution in [0.4, 0.5) is 0 Å². The number of rotatable bonds is 12. The van der Waals surface area contributed by atoms with Crippen molar-refractivity contribution >= 4 is 0 Å². The fourth-order valence-electron chi connectivity index (χ4n) is 2.37. The smallest absolute Gasteiger partial charge is 0.213 e. The van der Waals surface area contributed by atoms with Crippen LogP contribution in [0, 0.1) is 0 Å². The summed E-state index contributed by atoms with van der Waals surface area (Å²) in [5, 5.41) is 0. The molecule has 0 amide bonds. The quantitative estimate of drug-likeness (QED) is 0.417. The highest BCUT2D eigenvalue weighted by Crippen LogP contribution is 2.13. The number of hydrogen-bond acceptors (Lipinski definition) is 6. The average molecular weight is 365 g/mol. The molecule has 0 spiro atoms. The zero-order valence-corrected chi connectivity index (χ0v) is 15.9. The van der Waals surface area contributed by atoms with Crippen LogP contribution in [0.2, 0.25) is 0 Å². The fraction of sp³-hybridized carbons (Fsp3) is 0.650. The number of nitrogens with zero attached hydrogens (tertiary/aromatic N) is 1. The van der Waals surface area contributed by atoms with Gasteiger partial charge in [0.25, 0.3) is 0 Å². The number of hydrogen-bond donors (Lipinski definition) is 0. The van der Waals surface area contributed by atoms with Crippen molar-refractivity contribution in [2.24, 2.45) is 0 Å². The fourth-order valence-corrected chi connectivity index (χ4v) is 2.37. The first-order valence-corrected chi connectivity index (χ1v) is 9.34. The van der Waals surface area contributed by atoms with Gasteiger partial charge in [-0.05, 0) is 44.7 Å². The van der Waals surface area contributed by atoms with Crippen molar-refractivity contribution < 1.29 is 23.7 Å². The van der Waals surface area contributed by atoms with Crippen molar-refractivity contribution in [1.29, 1.82) is 0 Å². The number of aromatic nitrogens is 1. The van der Waals surface area contributed by atoms with Crippen LogP contribution in [-0.4, -0.2) is 50.9 Å². The number of pyridine rings is 1. The lowest BCUT2D eigenvalue weighted by atomic mass is 10.2. The van der Waals surface area contributed by atoms with Crippen LogP contribution in [0.5, 0.6) is 5.88 Å². The van der Waals surface area contributed by atoms with Gasteiger partial charge in [0.15, 0.2) is 6.29 Å². The summed E-state index contributed by atoms with van der Waals surface area (Å²) in [5.74, 6) is 0.591. The second kappa shape index (κ2) is 12.8. The van der Waals surface area contributed by atoms with Crippen molar-refractivity contribution in [3.05, 3.63) is 35.5 Å². The van der Waals surface area contributed by atoms with Crippen LogP contribution in [-0.2, 0) is 25.6 Å². The third-order valence-electron chi connectivity index (χ3n) is 3.82. The van der Waals surface area contributed by atoms with Gasteiger partial charge in [-0.25, -0.2) is 4.98 Å². The highest BCUT2D eigenvalue weighted by Gasteiger charge is 2.13. The zero-order chi connectivity index (χ0) is 18.5. The summed E-state index contributed by atoms with van der Waals surface area (Å²) < 4.78 is 27.7. The van der Waals surface area contributed by atoms with Crippen molar-refractivity contribution in [3.8, 4) is 5.88 Å². The van der Waals surface area contributed by atoms with Crippen molar-refractivity contribution in [2.75, 3.05) is 39.6 Å². The first-order valence-electron chi connectivity index (χ1n) is 9.34. The normalized spacial score (nSPS) is 17.1. The number of ether oxygens (including phenoxy) is 5. The van der Waals surface area contributed by atoms with Gasteiger partial charge >= 0.3 is 0 Å². The third kappa shape index (κ3) is 9.29. The van der Waals surface area contributed by atoms with Gasteiger partial charge in [0.05, 0.1) is 33.0 Å². The molecule has 1 saturated heterocycles. The molecule has 6 heteroatoms. The van der Waals surface area contributed by atoms with Crippen LogP contribution in [0.15, 0.2) is 30.0 Å². The van der Waals surface area contributed by atoms with Crippen molar-refractivity contribution in [3.63, 3.8) is 0 Å². The van der Waals surface area contributed by atoms with Crippen LogP contribution < -0.4 is 4.74 Å². The Labute approximate surface area is 156 Å². The number of allylic oxidation sites excluding steroid dienone is 1. The molecule has 2 rings (SSSR count). The van der Waals surface area contributed by atoms with E-state index in [2.05, 4.69) is 24.9 Å². The Balaban J connectivity index is 1.48. The third-order valence-corrected chi connectivity index (χ3v) is 3.82. The second-order valence-electron chi connectivity index (χ2n) is 6.43. The van der Waals surface area contributed by atoms with Gasteiger partial charge in [0.1, 0.15) is 6.61 Å². The molecule has 1 aromatic heterocycles. The molecule has 146 valence electrons. The van der Waals surface area contributed by atoms with E-state index in [1.807, 2.05) is 12.1 Å². The summed E-state index contributed by atoms with van der Waals surface area (Å²) in [7, 11) is 0. The van der Waals surface area contributed by atoms with Crippen LogP contribution in [0.1, 0.15) is 38.7 Å². The molecule has 0 N–H and O–H groups in total. The summed E-state index contributed by atoms with van der Waals surface area (Å²) >= 11 is 0. The van der Waals surface area contributed by atoms with Gasteiger partial charge in [-0.3, -0.25) is 0 Å². The molecule has 1 aliphatic heterocycles. The van der Waals surface area contributed by atoms with E-state index in [0.717, 1.165) is 25.0 Å². The van der Waals surface area contributed by atoms with E-state index in [4.69, 9.17) is 23.7 Å². The lowest BCUT2D eigenvalue weighted by Gasteiger charge is -2.22. The lowest BCUT2D eigenvalue weighted by molar-refractivity contribution is -0.169. The summed E-state index contributed by atoms with van der Waals surface area (Å²) in [6.45, 7) is 8.13. The molecular formula is C20H31NO5. The minimum atomic E-state index is -0.0580. The van der Waals surface area contributed by atoms with Crippen LogP contribution >= 0.6 is 0 Å². The molecule has 0 aromatic carbocycles. The van der Waals surface area contributed by atoms with E-state index in [-0.39, 0.29) is 6.29 Å². The van der Waals surface area contributed by atoms with Gasteiger partial charge in [-0.1, -0.05) is 11.6 Å². The summed E-state index contributed by atoms with van der Waals surface area (Å²) in [6.07, 6.45) is 7.05. The highest BCUT2D eigenvalue weighted by molar-refractivity contribution is 5.17. The molecule has 1 fully saturated rings. The van der Waals surface area contributed by atoms with Crippen LogP contribution in [0.25, 0.3) is 0 Å². The average Bonchev–Trinajstić information content (AvgIpc) is 2.66. The summed E-state index contributed by atoms with van der Waals surface area (Å²) in [6, 6.07) is 3.81. The standard InChI is InChI=1S/C20H31NO5/c1-17(2)8-10-23-16-18-6-7-19(21-15-18)24-13-11-22-12-14-26-20-5-3-4-9-25-20/h6-8,15,20H,3-5,9-14,16H2,1-2H3/t20-/m0/s1. The van der Waals surface area contributed by atoms with E-state index >= 15 is 0 Å². The van der Waals surface area contributed by atoms with Gasteiger partial charge in [-0.2, -0.15) is 0 Å². The predicted octanol–water partition coefficient (Wildman–Crippen LogP) is 3.50. The molecular weight excluding hydrogens is 334 g/mol. The highest BCUT2D eigenvalue weighted by atomic mass is 16.7. The van der Waals surface area contributed by atoms with E-state index in [9.17, 15) is 0 Å². The lowest BCUT2D eigenvalue weighted by Crippen LogP contribution is -2.24. The Kier molecular flexibility index (Phi) is 10.3. The van der Waals surface area contributed by atoms with Gasteiger partial charge in [0, 0.05) is 18.9 Å². The molecule has 0 unspecified atom stereocenters. The molecule has 26 heavy (non-hydrogen) atoms. The Morgan fingerprint density at radius 1 is 1.15 bits per heavy atom. The Morgan fingerprint density at radius 2 is 2.04 bits per heavy atom. The molecule has 1 aliphatic rings. The predicted molar refractivity (Wildman–Crippen MR) is 99.2 cm³/mol. The van der Waals surface area contributed by atoms with E-state index < -0.39 is 0 Å². The Bertz CT molecular complexity index is 507. The topological polar surface area (TPSA) is 59.0 Å². The van der Waals surface area contributed by atoms with E-state index in [1.165, 1.54) is 12.0 Å². The summed E-state index contributed by atoms with van der Waals surface area (Å²) in [5.41, 5.74) is 2.28. The van der Waals surface area contributed by atoms with Crippen molar-refractivity contribution in [1.82, 2.24) is 4.98 Å². The van der Waals surface area contributed by atoms with Gasteiger partial charge in [0.2, 0.25) is 5.88 Å². The maximum atomic E-state index is 5.60. The van der Waals surface area contributed by atoms with E-state index in [1.54, 1.807) is 6.20 Å². The molecule has 2 heterocycles. The molecule has 6 nitrogen and oxygen atoms in total. The largest absolute Gasteiger partial charge is 0.475 e. The van der Waals surface area contributed by atoms with Crippen molar-refractivity contribution in [2.45, 2.75) is 46.0 Å². The first-order chi connectivity index (χ1) is 12.7. The molecule has 0 aliphatic carbocycles. The first kappa shape index (κ1) is 20.8. The SMILES string of the molecule is CC(C)=CCOCc1ccc(OCCOCCO[C@H]2CCCCO2)nc1. The zero-order valence-electron chi connectivity index (χ0n) is 15.9. The Hall–Kier alpha value is -1.47. The van der Waals surface area contributed by atoms with Gasteiger partial charge in [-0.15, -0.1) is 0 Å². The molecule has 1 aromatic rings.